The van der Waals surface area contributed by atoms with Gasteiger partial charge in [0.25, 0.3) is 5.82 Å². The van der Waals surface area contributed by atoms with Crippen LogP contribution < -0.4 is 0 Å². The highest BCUT2D eigenvalue weighted by atomic mass is 19.4. The average molecular weight is 268 g/mol. The Morgan fingerprint density at radius 2 is 2.22 bits per heavy atom. The summed E-state index contributed by atoms with van der Waals surface area (Å²) in [5.41, 5.74) is 0. The van der Waals surface area contributed by atoms with E-state index in [4.69, 9.17) is 9.84 Å². The summed E-state index contributed by atoms with van der Waals surface area (Å²) in [6.07, 6.45) is -6.04. The molecule has 0 bridgehead atoms. The molecule has 0 fully saturated rings. The highest BCUT2D eigenvalue weighted by molar-refractivity contribution is 5.67. The number of tetrazole rings is 1. The molecule has 18 heavy (non-hydrogen) atoms. The number of ether oxygens (including phenoxy) is 1. The van der Waals surface area contributed by atoms with Crippen molar-refractivity contribution < 1.29 is 27.8 Å². The number of halogens is 3. The third-order valence-corrected chi connectivity index (χ3v) is 1.97. The zero-order chi connectivity index (χ0) is 13.8. The molecular formula is C8H11F3N4O3. The number of carbonyl (C=O) groups is 1. The fourth-order valence-electron chi connectivity index (χ4n) is 1.33. The quantitative estimate of drug-likeness (QED) is 0.811. The molecule has 1 unspecified atom stereocenters. The maximum Gasteiger partial charge on any atom is 0.453 e. The summed E-state index contributed by atoms with van der Waals surface area (Å²) in [4.78, 5) is 10.5. The molecular weight excluding hydrogens is 257 g/mol. The second-order valence-electron chi connectivity index (χ2n) is 3.36. The van der Waals surface area contributed by atoms with Crippen molar-refractivity contribution >= 4 is 5.97 Å². The molecule has 10 heteroatoms. The molecule has 102 valence electrons. The number of aromatic nitrogens is 4. The van der Waals surface area contributed by atoms with E-state index in [2.05, 4.69) is 15.5 Å². The van der Waals surface area contributed by atoms with Crippen LogP contribution >= 0.6 is 0 Å². The lowest BCUT2D eigenvalue weighted by Crippen LogP contribution is -2.27. The summed E-state index contributed by atoms with van der Waals surface area (Å²) in [6, 6.07) is 0. The van der Waals surface area contributed by atoms with Crippen LogP contribution in [-0.2, 0) is 22.3 Å². The van der Waals surface area contributed by atoms with E-state index in [1.54, 1.807) is 6.92 Å². The van der Waals surface area contributed by atoms with Crippen molar-refractivity contribution in [2.75, 3.05) is 6.61 Å². The van der Waals surface area contributed by atoms with Gasteiger partial charge in [-0.3, -0.25) is 4.79 Å². The number of nitrogens with zero attached hydrogens (tertiary/aromatic N) is 4. The van der Waals surface area contributed by atoms with Crippen LogP contribution in [0.2, 0.25) is 0 Å². The maximum absolute atomic E-state index is 12.5. The fraction of sp³-hybridized carbons (Fsp3) is 0.750. The molecule has 0 aromatic carbocycles. The smallest absolute Gasteiger partial charge is 0.453 e. The molecule has 1 aromatic rings. The van der Waals surface area contributed by atoms with E-state index >= 15 is 0 Å². The van der Waals surface area contributed by atoms with E-state index in [-0.39, 0.29) is 13.2 Å². The van der Waals surface area contributed by atoms with E-state index in [9.17, 15) is 18.0 Å². The van der Waals surface area contributed by atoms with Gasteiger partial charge < -0.3 is 9.84 Å². The van der Waals surface area contributed by atoms with E-state index in [0.29, 0.717) is 4.68 Å². The first kappa shape index (κ1) is 14.4. The molecule has 1 atom stereocenters. The Morgan fingerprint density at radius 1 is 1.56 bits per heavy atom. The van der Waals surface area contributed by atoms with Crippen LogP contribution in [-0.4, -0.2) is 44.0 Å². The predicted octanol–water partition coefficient (Wildman–Crippen LogP) is 0.572. The van der Waals surface area contributed by atoms with Crippen LogP contribution in [0.4, 0.5) is 13.2 Å². The second kappa shape index (κ2) is 5.76. The molecule has 0 radical (unpaired) electrons. The van der Waals surface area contributed by atoms with Crippen molar-refractivity contribution in [1.82, 2.24) is 20.2 Å². The minimum atomic E-state index is -4.69. The standard InChI is InChI=1S/C8H11F3N4O3/c1-2-18-5(3-6(16)17)4-15-7(8(9,10)11)12-13-14-15/h5H,2-4H2,1H3,(H,16,17). The number of hydrogen-bond acceptors (Lipinski definition) is 5. The molecule has 1 N–H and O–H groups in total. The van der Waals surface area contributed by atoms with Gasteiger partial charge in [0.05, 0.1) is 19.1 Å². The Morgan fingerprint density at radius 3 is 2.72 bits per heavy atom. The zero-order valence-corrected chi connectivity index (χ0v) is 9.39. The van der Waals surface area contributed by atoms with Gasteiger partial charge in [-0.25, -0.2) is 4.68 Å². The van der Waals surface area contributed by atoms with Gasteiger partial charge in [0, 0.05) is 6.61 Å². The Kier molecular flexibility index (Phi) is 4.59. The van der Waals surface area contributed by atoms with Crippen LogP contribution in [0, 0.1) is 0 Å². The third kappa shape index (κ3) is 3.95. The molecule has 0 amide bonds. The molecule has 0 aliphatic heterocycles. The molecule has 1 heterocycles. The lowest BCUT2D eigenvalue weighted by molar-refractivity contribution is -0.149. The van der Waals surface area contributed by atoms with E-state index in [0.717, 1.165) is 0 Å². The Hall–Kier alpha value is -1.71. The molecule has 1 aromatic heterocycles. The van der Waals surface area contributed by atoms with Gasteiger partial charge in [0.1, 0.15) is 0 Å². The first-order valence-electron chi connectivity index (χ1n) is 5.01. The Bertz CT molecular complexity index is 407. The van der Waals surface area contributed by atoms with Crippen LogP contribution in [0.15, 0.2) is 0 Å². The van der Waals surface area contributed by atoms with Gasteiger partial charge >= 0.3 is 12.1 Å². The Balaban J connectivity index is 2.81. The lowest BCUT2D eigenvalue weighted by Gasteiger charge is -2.15. The highest BCUT2D eigenvalue weighted by Crippen LogP contribution is 2.26. The number of hydrogen-bond donors (Lipinski definition) is 1. The van der Waals surface area contributed by atoms with Gasteiger partial charge in [-0.15, -0.1) is 5.10 Å². The van der Waals surface area contributed by atoms with E-state index in [1.165, 1.54) is 0 Å². The monoisotopic (exact) mass is 268 g/mol. The van der Waals surface area contributed by atoms with Gasteiger partial charge in [0.2, 0.25) is 0 Å². The van der Waals surface area contributed by atoms with Gasteiger partial charge in [0.15, 0.2) is 0 Å². The second-order valence-corrected chi connectivity index (χ2v) is 3.36. The van der Waals surface area contributed by atoms with Crippen LogP contribution in [0.1, 0.15) is 19.2 Å². The predicted molar refractivity (Wildman–Crippen MR) is 50.5 cm³/mol. The Labute approximate surface area is 99.5 Å². The maximum atomic E-state index is 12.5. The summed E-state index contributed by atoms with van der Waals surface area (Å²) in [6.45, 7) is 1.42. The molecule has 0 saturated heterocycles. The van der Waals surface area contributed by atoms with Crippen molar-refractivity contribution in [3.8, 4) is 0 Å². The lowest BCUT2D eigenvalue weighted by atomic mass is 10.2. The number of rotatable bonds is 6. The normalized spacial score (nSPS) is 13.6. The average Bonchev–Trinajstić information content (AvgIpc) is 2.64. The first-order chi connectivity index (χ1) is 8.34. The third-order valence-electron chi connectivity index (χ3n) is 1.97. The highest BCUT2D eigenvalue weighted by Gasteiger charge is 2.38. The van der Waals surface area contributed by atoms with Gasteiger partial charge in [-0.2, -0.15) is 13.2 Å². The largest absolute Gasteiger partial charge is 0.481 e. The minimum Gasteiger partial charge on any atom is -0.481 e. The topological polar surface area (TPSA) is 90.1 Å². The molecule has 0 aliphatic carbocycles. The number of carboxylic acid groups (broad SMARTS) is 1. The molecule has 0 spiro atoms. The number of alkyl halides is 3. The number of carboxylic acids is 1. The minimum absolute atomic E-state index is 0.182. The van der Waals surface area contributed by atoms with Gasteiger partial charge in [-0.1, -0.05) is 0 Å². The summed E-state index contributed by atoms with van der Waals surface area (Å²) < 4.78 is 42.9. The van der Waals surface area contributed by atoms with Crippen LogP contribution in [0.3, 0.4) is 0 Å². The summed E-state index contributed by atoms with van der Waals surface area (Å²) >= 11 is 0. The molecule has 7 nitrogen and oxygen atoms in total. The summed E-state index contributed by atoms with van der Waals surface area (Å²) in [7, 11) is 0. The molecule has 0 aliphatic rings. The van der Waals surface area contributed by atoms with Crippen molar-refractivity contribution in [2.24, 2.45) is 0 Å². The number of aliphatic carboxylic acids is 1. The molecule has 0 saturated carbocycles. The van der Waals surface area contributed by atoms with Crippen molar-refractivity contribution in [1.29, 1.82) is 0 Å². The van der Waals surface area contributed by atoms with Crippen molar-refractivity contribution in [3.05, 3.63) is 5.82 Å². The fourth-order valence-corrected chi connectivity index (χ4v) is 1.33. The van der Waals surface area contributed by atoms with E-state index in [1.807, 2.05) is 0 Å². The van der Waals surface area contributed by atoms with Crippen molar-refractivity contribution in [3.63, 3.8) is 0 Å². The summed E-state index contributed by atoms with van der Waals surface area (Å²) in [5.74, 6) is -2.45. The van der Waals surface area contributed by atoms with E-state index < -0.39 is 30.5 Å². The first-order valence-corrected chi connectivity index (χ1v) is 5.01. The SMILES string of the molecule is CCOC(CC(=O)O)Cn1nnnc1C(F)(F)F. The summed E-state index contributed by atoms with van der Waals surface area (Å²) in [5, 5.41) is 17.6. The van der Waals surface area contributed by atoms with Crippen LogP contribution in [0.25, 0.3) is 0 Å². The zero-order valence-electron chi connectivity index (χ0n) is 9.39. The van der Waals surface area contributed by atoms with Crippen molar-refractivity contribution in [2.45, 2.75) is 32.2 Å². The molecule has 1 rings (SSSR count). The van der Waals surface area contributed by atoms with Gasteiger partial charge in [-0.05, 0) is 17.4 Å². The van der Waals surface area contributed by atoms with Crippen LogP contribution in [0.5, 0.6) is 0 Å².